The van der Waals surface area contributed by atoms with Gasteiger partial charge in [0.05, 0.1) is 18.2 Å². The molecule has 2 saturated heterocycles. The lowest BCUT2D eigenvalue weighted by molar-refractivity contribution is -0.136. The number of hydrogen-bond donors (Lipinski definition) is 1. The van der Waals surface area contributed by atoms with E-state index in [1.807, 2.05) is 6.07 Å². The van der Waals surface area contributed by atoms with Crippen LogP contribution in [0.4, 0.5) is 5.95 Å². The molecule has 3 rings (SSSR count). The van der Waals surface area contributed by atoms with Crippen LogP contribution in [0.3, 0.4) is 0 Å². The number of nitrogens with one attached hydrogen (secondary N) is 1. The summed E-state index contributed by atoms with van der Waals surface area (Å²) in [4.78, 5) is 26.2. The Morgan fingerprint density at radius 1 is 1.15 bits per heavy atom. The molecule has 1 N–H and O–H groups in total. The van der Waals surface area contributed by atoms with Crippen molar-refractivity contribution < 1.29 is 9.53 Å². The molecule has 0 spiro atoms. The molecule has 0 unspecified atom stereocenters. The second kappa shape index (κ2) is 8.97. The van der Waals surface area contributed by atoms with Gasteiger partial charge in [0, 0.05) is 44.6 Å². The van der Waals surface area contributed by atoms with Gasteiger partial charge in [-0.3, -0.25) is 9.69 Å². The fraction of sp³-hybridized carbons (Fsp3) is 0.750. The highest BCUT2D eigenvalue weighted by molar-refractivity contribution is 5.82. The Hall–Kier alpha value is -1.73. The van der Waals surface area contributed by atoms with E-state index in [1.165, 1.54) is 0 Å². The number of morpholine rings is 1. The number of anilines is 1. The van der Waals surface area contributed by atoms with Gasteiger partial charge in [-0.05, 0) is 38.7 Å². The highest BCUT2D eigenvalue weighted by Crippen LogP contribution is 2.20. The number of amides is 1. The van der Waals surface area contributed by atoms with Crippen molar-refractivity contribution in [1.82, 2.24) is 20.2 Å². The van der Waals surface area contributed by atoms with Crippen molar-refractivity contribution in [2.45, 2.75) is 64.8 Å². The van der Waals surface area contributed by atoms with Crippen molar-refractivity contribution in [3.05, 3.63) is 18.5 Å². The summed E-state index contributed by atoms with van der Waals surface area (Å²) in [5.74, 6) is 1.19. The summed E-state index contributed by atoms with van der Waals surface area (Å²) in [6, 6.07) is 1.94. The maximum Gasteiger partial charge on any atom is 0.237 e. The van der Waals surface area contributed by atoms with Gasteiger partial charge in [-0.15, -0.1) is 0 Å². The summed E-state index contributed by atoms with van der Waals surface area (Å²) >= 11 is 0. The van der Waals surface area contributed by atoms with Crippen molar-refractivity contribution in [3.8, 4) is 0 Å². The molecule has 7 nitrogen and oxygen atoms in total. The average molecular weight is 376 g/mol. The van der Waals surface area contributed by atoms with E-state index in [-0.39, 0.29) is 36.1 Å². The van der Waals surface area contributed by atoms with Crippen molar-refractivity contribution >= 4 is 11.9 Å². The normalized spacial score (nSPS) is 26.2. The molecule has 0 saturated carbocycles. The first kappa shape index (κ1) is 20.0. The van der Waals surface area contributed by atoms with E-state index >= 15 is 0 Å². The Morgan fingerprint density at radius 3 is 2.30 bits per heavy atom. The van der Waals surface area contributed by atoms with E-state index in [0.717, 1.165) is 45.0 Å². The molecule has 1 amide bonds. The molecule has 0 aliphatic carbocycles. The van der Waals surface area contributed by atoms with E-state index in [0.29, 0.717) is 0 Å². The average Bonchev–Trinajstić information content (AvgIpc) is 2.62. The lowest BCUT2D eigenvalue weighted by Gasteiger charge is -2.41. The number of carbonyl (C=O) groups excluding carboxylic acids is 1. The van der Waals surface area contributed by atoms with Gasteiger partial charge in [-0.2, -0.15) is 0 Å². The Kier molecular flexibility index (Phi) is 6.65. The molecule has 2 fully saturated rings. The van der Waals surface area contributed by atoms with Crippen LogP contribution in [0.2, 0.25) is 0 Å². The number of nitrogens with zero attached hydrogens (tertiary/aromatic N) is 4. The molecule has 1 aromatic heterocycles. The Balaban J connectivity index is 1.55. The zero-order valence-electron chi connectivity index (χ0n) is 17.0. The fourth-order valence-electron chi connectivity index (χ4n) is 4.30. The first-order valence-electron chi connectivity index (χ1n) is 10.2. The Bertz CT molecular complexity index is 594. The van der Waals surface area contributed by atoms with Gasteiger partial charge in [-0.1, -0.05) is 13.8 Å². The molecule has 3 heterocycles. The van der Waals surface area contributed by atoms with Gasteiger partial charge in [0.25, 0.3) is 0 Å². The van der Waals surface area contributed by atoms with Gasteiger partial charge in [0.2, 0.25) is 11.9 Å². The van der Waals surface area contributed by atoms with Crippen LogP contribution >= 0.6 is 0 Å². The SMILES string of the molecule is CC(C)[C@H](C(=O)NC1CCN(c2ncccn2)CC1)N1C[C@@H](C)O[C@H](C)C1. The third kappa shape index (κ3) is 5.17. The predicted octanol–water partition coefficient (Wildman–Crippen LogP) is 1.70. The molecule has 0 bridgehead atoms. The second-order valence-corrected chi connectivity index (χ2v) is 8.22. The third-order valence-corrected chi connectivity index (χ3v) is 5.42. The summed E-state index contributed by atoms with van der Waals surface area (Å²) in [5, 5.41) is 3.31. The quantitative estimate of drug-likeness (QED) is 0.845. The highest BCUT2D eigenvalue weighted by atomic mass is 16.5. The second-order valence-electron chi connectivity index (χ2n) is 8.22. The smallest absolute Gasteiger partial charge is 0.237 e. The molecule has 150 valence electrons. The van der Waals surface area contributed by atoms with E-state index in [9.17, 15) is 4.79 Å². The lowest BCUT2D eigenvalue weighted by Crippen LogP contribution is -2.58. The zero-order chi connectivity index (χ0) is 19.4. The van der Waals surface area contributed by atoms with Crippen LogP contribution in [0.5, 0.6) is 0 Å². The molecule has 0 radical (unpaired) electrons. The first-order valence-corrected chi connectivity index (χ1v) is 10.2. The minimum absolute atomic E-state index is 0.103. The molecule has 2 aliphatic heterocycles. The molecule has 0 aromatic carbocycles. The Morgan fingerprint density at radius 2 is 1.74 bits per heavy atom. The van der Waals surface area contributed by atoms with Crippen molar-refractivity contribution in [3.63, 3.8) is 0 Å². The number of hydrogen-bond acceptors (Lipinski definition) is 6. The van der Waals surface area contributed by atoms with Gasteiger partial charge < -0.3 is 15.0 Å². The van der Waals surface area contributed by atoms with Crippen LogP contribution in [0.15, 0.2) is 18.5 Å². The minimum atomic E-state index is -0.103. The Labute approximate surface area is 162 Å². The molecular formula is C20H33N5O2. The maximum absolute atomic E-state index is 13.1. The van der Waals surface area contributed by atoms with E-state index < -0.39 is 0 Å². The number of piperidine rings is 1. The van der Waals surface area contributed by atoms with Gasteiger partial charge in [0.15, 0.2) is 0 Å². The molecule has 7 heteroatoms. The molecule has 27 heavy (non-hydrogen) atoms. The highest BCUT2D eigenvalue weighted by Gasteiger charge is 2.35. The molecule has 2 aliphatic rings. The summed E-state index contributed by atoms with van der Waals surface area (Å²) in [7, 11) is 0. The fourth-order valence-corrected chi connectivity index (χ4v) is 4.30. The minimum Gasteiger partial charge on any atom is -0.373 e. The number of carbonyl (C=O) groups is 1. The monoisotopic (exact) mass is 375 g/mol. The van der Waals surface area contributed by atoms with Crippen molar-refractivity contribution in [2.24, 2.45) is 5.92 Å². The summed E-state index contributed by atoms with van der Waals surface area (Å²) < 4.78 is 5.84. The van der Waals surface area contributed by atoms with Gasteiger partial charge in [-0.25, -0.2) is 9.97 Å². The van der Waals surface area contributed by atoms with Gasteiger partial charge in [0.1, 0.15) is 0 Å². The van der Waals surface area contributed by atoms with Crippen molar-refractivity contribution in [2.75, 3.05) is 31.1 Å². The third-order valence-electron chi connectivity index (χ3n) is 5.42. The van der Waals surface area contributed by atoms with Crippen LogP contribution in [0, 0.1) is 5.92 Å². The molecule has 1 aromatic rings. The largest absolute Gasteiger partial charge is 0.373 e. The van der Waals surface area contributed by atoms with E-state index in [1.54, 1.807) is 12.4 Å². The standard InChI is InChI=1S/C20H33N5O2/c1-14(2)18(25-12-15(3)27-16(4)13-25)19(26)23-17-6-10-24(11-7-17)20-21-8-5-9-22-20/h5,8-9,14-18H,6-7,10-13H2,1-4H3,(H,23,26)/t15-,16-,18-/m1/s1. The van der Waals surface area contributed by atoms with Crippen molar-refractivity contribution in [1.29, 1.82) is 0 Å². The summed E-state index contributed by atoms with van der Waals surface area (Å²) in [6.07, 6.45) is 5.71. The predicted molar refractivity (Wildman–Crippen MR) is 106 cm³/mol. The van der Waals surface area contributed by atoms with Crippen LogP contribution in [0.1, 0.15) is 40.5 Å². The topological polar surface area (TPSA) is 70.6 Å². The van der Waals surface area contributed by atoms with Crippen LogP contribution in [-0.2, 0) is 9.53 Å². The number of rotatable bonds is 5. The zero-order valence-corrected chi connectivity index (χ0v) is 17.0. The van der Waals surface area contributed by atoms with E-state index in [4.69, 9.17) is 4.74 Å². The van der Waals surface area contributed by atoms with E-state index in [2.05, 4.69) is 52.8 Å². The maximum atomic E-state index is 13.1. The van der Waals surface area contributed by atoms with Gasteiger partial charge >= 0.3 is 0 Å². The summed E-state index contributed by atoms with van der Waals surface area (Å²) in [5.41, 5.74) is 0. The van der Waals surface area contributed by atoms with Crippen LogP contribution in [-0.4, -0.2) is 71.2 Å². The first-order chi connectivity index (χ1) is 12.9. The van der Waals surface area contributed by atoms with Crippen LogP contribution < -0.4 is 10.2 Å². The molecular weight excluding hydrogens is 342 g/mol. The molecule has 3 atom stereocenters. The number of aromatic nitrogens is 2. The van der Waals surface area contributed by atoms with Crippen LogP contribution in [0.25, 0.3) is 0 Å². The number of ether oxygens (including phenoxy) is 1. The summed E-state index contributed by atoms with van der Waals surface area (Å²) in [6.45, 7) is 11.8. The lowest BCUT2D eigenvalue weighted by atomic mass is 9.98.